The highest BCUT2D eigenvalue weighted by Gasteiger charge is 2.23. The second kappa shape index (κ2) is 8.81. The van der Waals surface area contributed by atoms with E-state index in [4.69, 9.17) is 4.74 Å². The van der Waals surface area contributed by atoms with Crippen LogP contribution in [0.3, 0.4) is 0 Å². The largest absolute Gasteiger partial charge is 0.495 e. The smallest absolute Gasteiger partial charge is 0.262 e. The number of fused-ring (bicyclic) bond motifs is 1. The van der Waals surface area contributed by atoms with Crippen LogP contribution in [0.1, 0.15) is 28.8 Å². The molecular formula is C24H24N2O4S. The van der Waals surface area contributed by atoms with Gasteiger partial charge in [0.15, 0.2) is 0 Å². The number of methoxy groups -OCH3 is 1. The van der Waals surface area contributed by atoms with E-state index < -0.39 is 10.0 Å². The molecule has 0 radical (unpaired) electrons. The third kappa shape index (κ3) is 4.41. The molecule has 0 bridgehead atoms. The fraction of sp³-hybridized carbons (Fsp3) is 0.208. The second-order valence-electron chi connectivity index (χ2n) is 7.37. The summed E-state index contributed by atoms with van der Waals surface area (Å²) in [7, 11) is -2.34. The van der Waals surface area contributed by atoms with Crippen molar-refractivity contribution in [1.82, 2.24) is 0 Å². The first-order chi connectivity index (χ1) is 15.0. The van der Waals surface area contributed by atoms with Crippen molar-refractivity contribution in [1.29, 1.82) is 0 Å². The molecule has 0 atom stereocenters. The fourth-order valence-corrected chi connectivity index (χ4v) is 4.84. The van der Waals surface area contributed by atoms with Crippen molar-refractivity contribution in [2.45, 2.75) is 24.2 Å². The van der Waals surface area contributed by atoms with Gasteiger partial charge in [0.05, 0.1) is 17.7 Å². The summed E-state index contributed by atoms with van der Waals surface area (Å²) in [6.07, 6.45) is 2.91. The molecule has 0 unspecified atom stereocenters. The first-order valence-corrected chi connectivity index (χ1v) is 11.6. The van der Waals surface area contributed by atoms with Crippen molar-refractivity contribution >= 4 is 27.3 Å². The Morgan fingerprint density at radius 3 is 2.42 bits per heavy atom. The van der Waals surface area contributed by atoms with Gasteiger partial charge in [0.25, 0.3) is 15.9 Å². The Hall–Kier alpha value is -3.32. The number of nitrogens with zero attached hydrogens (tertiary/aromatic N) is 1. The number of rotatable bonds is 5. The first kappa shape index (κ1) is 20.9. The van der Waals surface area contributed by atoms with Crippen molar-refractivity contribution in [3.8, 4) is 5.75 Å². The maximum atomic E-state index is 13.2. The average Bonchev–Trinajstić information content (AvgIpc) is 3.01. The van der Waals surface area contributed by atoms with Crippen LogP contribution in [0.15, 0.2) is 77.7 Å². The van der Waals surface area contributed by atoms with E-state index in [1.807, 2.05) is 18.2 Å². The van der Waals surface area contributed by atoms with Gasteiger partial charge in [-0.1, -0.05) is 30.3 Å². The summed E-state index contributed by atoms with van der Waals surface area (Å²) in [4.78, 5) is 15.1. The van der Waals surface area contributed by atoms with Crippen LogP contribution in [0.5, 0.6) is 5.75 Å². The van der Waals surface area contributed by atoms with Crippen molar-refractivity contribution in [3.63, 3.8) is 0 Å². The van der Waals surface area contributed by atoms with E-state index >= 15 is 0 Å². The molecule has 1 aliphatic rings. The summed E-state index contributed by atoms with van der Waals surface area (Å²) < 4.78 is 33.3. The van der Waals surface area contributed by atoms with Gasteiger partial charge in [-0.2, -0.15) is 0 Å². The predicted molar refractivity (Wildman–Crippen MR) is 121 cm³/mol. The molecule has 31 heavy (non-hydrogen) atoms. The van der Waals surface area contributed by atoms with Gasteiger partial charge in [-0.25, -0.2) is 8.42 Å². The van der Waals surface area contributed by atoms with Gasteiger partial charge in [0.1, 0.15) is 5.75 Å². The van der Waals surface area contributed by atoms with Gasteiger partial charge in [-0.3, -0.25) is 9.52 Å². The summed E-state index contributed by atoms with van der Waals surface area (Å²) in [5.41, 5.74) is 2.90. The predicted octanol–water partition coefficient (Wildman–Crippen LogP) is 4.48. The minimum absolute atomic E-state index is 0.0752. The number of benzene rings is 3. The van der Waals surface area contributed by atoms with Crippen LogP contribution in [0.4, 0.5) is 11.4 Å². The number of aryl methyl sites for hydroxylation is 1. The minimum Gasteiger partial charge on any atom is -0.495 e. The molecule has 0 fully saturated rings. The summed E-state index contributed by atoms with van der Waals surface area (Å²) in [5.74, 6) is 0.300. The van der Waals surface area contributed by atoms with Gasteiger partial charge >= 0.3 is 0 Å². The number of sulfonamides is 1. The Labute approximate surface area is 182 Å². The highest BCUT2D eigenvalue weighted by Crippen LogP contribution is 2.29. The lowest BCUT2D eigenvalue weighted by atomic mass is 10.1. The Morgan fingerprint density at radius 2 is 1.65 bits per heavy atom. The lowest BCUT2D eigenvalue weighted by Gasteiger charge is -2.23. The standard InChI is InChI=1S/C24H24N2O4S/c1-30-23-12-5-3-10-21(23)25-31(28,29)20-15-13-19(14-16-20)24(27)26-17-7-6-9-18-8-2-4-11-22(18)26/h2-5,8,10-16,25H,6-7,9,17H2,1H3. The van der Waals surface area contributed by atoms with E-state index in [0.717, 1.165) is 30.5 Å². The van der Waals surface area contributed by atoms with Gasteiger partial charge in [0.2, 0.25) is 0 Å². The molecule has 160 valence electrons. The van der Waals surface area contributed by atoms with E-state index in [2.05, 4.69) is 10.8 Å². The number of hydrogen-bond acceptors (Lipinski definition) is 4. The molecule has 7 heteroatoms. The summed E-state index contributed by atoms with van der Waals surface area (Å²) in [6, 6.07) is 20.8. The van der Waals surface area contributed by atoms with Gasteiger partial charge < -0.3 is 9.64 Å². The lowest BCUT2D eigenvalue weighted by Crippen LogP contribution is -2.31. The molecule has 4 rings (SSSR count). The summed E-state index contributed by atoms with van der Waals surface area (Å²) >= 11 is 0. The maximum absolute atomic E-state index is 13.2. The van der Waals surface area contributed by atoms with Crippen LogP contribution < -0.4 is 14.4 Å². The highest BCUT2D eigenvalue weighted by atomic mass is 32.2. The number of hydrogen-bond donors (Lipinski definition) is 1. The van der Waals surface area contributed by atoms with E-state index in [-0.39, 0.29) is 10.8 Å². The van der Waals surface area contributed by atoms with E-state index in [1.165, 1.54) is 19.2 Å². The molecule has 0 saturated carbocycles. The Bertz CT molecular complexity index is 1190. The molecule has 1 N–H and O–H groups in total. The summed E-state index contributed by atoms with van der Waals surface area (Å²) in [5, 5.41) is 0. The molecule has 0 aliphatic carbocycles. The van der Waals surface area contributed by atoms with Crippen LogP contribution in [-0.2, 0) is 16.4 Å². The van der Waals surface area contributed by atoms with Gasteiger partial charge in [0, 0.05) is 17.8 Å². The number of carbonyl (C=O) groups is 1. The minimum atomic E-state index is -3.82. The van der Waals surface area contributed by atoms with Crippen LogP contribution in [0, 0.1) is 0 Å². The maximum Gasteiger partial charge on any atom is 0.262 e. The molecule has 0 saturated heterocycles. The average molecular weight is 437 g/mol. The normalized spacial score (nSPS) is 13.8. The van der Waals surface area contributed by atoms with Crippen molar-refractivity contribution in [3.05, 3.63) is 83.9 Å². The molecule has 3 aromatic carbocycles. The monoisotopic (exact) mass is 436 g/mol. The molecular weight excluding hydrogens is 412 g/mol. The number of amides is 1. The number of nitrogens with one attached hydrogen (secondary N) is 1. The quantitative estimate of drug-likeness (QED) is 0.640. The molecule has 1 heterocycles. The third-order valence-corrected chi connectivity index (χ3v) is 6.75. The molecule has 6 nitrogen and oxygen atoms in total. The van der Waals surface area contributed by atoms with Crippen LogP contribution in [0.25, 0.3) is 0 Å². The molecule has 1 amide bonds. The second-order valence-corrected chi connectivity index (χ2v) is 9.06. The van der Waals surface area contributed by atoms with Crippen molar-refractivity contribution in [2.75, 3.05) is 23.3 Å². The first-order valence-electron chi connectivity index (χ1n) is 10.2. The fourth-order valence-electron chi connectivity index (χ4n) is 3.77. The molecule has 3 aromatic rings. The van der Waals surface area contributed by atoms with E-state index in [9.17, 15) is 13.2 Å². The number of para-hydroxylation sites is 3. The Morgan fingerprint density at radius 1 is 0.935 bits per heavy atom. The van der Waals surface area contributed by atoms with Crippen LogP contribution in [0.2, 0.25) is 0 Å². The third-order valence-electron chi connectivity index (χ3n) is 5.37. The highest BCUT2D eigenvalue weighted by molar-refractivity contribution is 7.92. The zero-order valence-corrected chi connectivity index (χ0v) is 18.1. The summed E-state index contributed by atoms with van der Waals surface area (Å²) in [6.45, 7) is 0.644. The van der Waals surface area contributed by atoms with Crippen molar-refractivity contribution in [2.24, 2.45) is 0 Å². The number of carbonyl (C=O) groups excluding carboxylic acids is 1. The number of anilines is 2. The van der Waals surface area contributed by atoms with Crippen molar-refractivity contribution < 1.29 is 17.9 Å². The molecule has 0 spiro atoms. The topological polar surface area (TPSA) is 75.7 Å². The van der Waals surface area contributed by atoms with Crippen LogP contribution >= 0.6 is 0 Å². The van der Waals surface area contributed by atoms with Crippen LogP contribution in [-0.4, -0.2) is 28.0 Å². The molecule has 1 aliphatic heterocycles. The molecule has 0 aromatic heterocycles. The number of ether oxygens (including phenoxy) is 1. The van der Waals surface area contributed by atoms with E-state index in [0.29, 0.717) is 23.5 Å². The Balaban J connectivity index is 1.57. The zero-order valence-electron chi connectivity index (χ0n) is 17.2. The van der Waals surface area contributed by atoms with E-state index in [1.54, 1.807) is 41.3 Å². The SMILES string of the molecule is COc1ccccc1NS(=O)(=O)c1ccc(C(=O)N2CCCCc3ccccc32)cc1. The van der Waals surface area contributed by atoms with Gasteiger partial charge in [-0.05, 0) is 67.3 Å². The van der Waals surface area contributed by atoms with Gasteiger partial charge in [-0.15, -0.1) is 0 Å². The Kier molecular flexibility index (Phi) is 5.95. The zero-order chi connectivity index (χ0) is 21.8. The lowest BCUT2D eigenvalue weighted by molar-refractivity contribution is 0.0987.